The van der Waals surface area contributed by atoms with Crippen molar-refractivity contribution in [2.45, 2.75) is 18.7 Å². The van der Waals surface area contributed by atoms with Gasteiger partial charge in [0.05, 0.1) is 23.1 Å². The lowest BCUT2D eigenvalue weighted by atomic mass is 10.1. The van der Waals surface area contributed by atoms with E-state index >= 15 is 0 Å². The first kappa shape index (κ1) is 21.1. The van der Waals surface area contributed by atoms with Crippen molar-refractivity contribution >= 4 is 22.0 Å². The quantitative estimate of drug-likeness (QED) is 0.735. The third-order valence-corrected chi connectivity index (χ3v) is 4.18. The number of nitrogens with two attached hydrogens (primary N) is 1. The smallest absolute Gasteiger partial charge is 0.335 e. The Morgan fingerprint density at radius 2 is 1.46 bits per heavy atom. The summed E-state index contributed by atoms with van der Waals surface area (Å²) in [6.45, 7) is 3.41. The highest BCUT2D eigenvalue weighted by Gasteiger charge is 2.10. The van der Waals surface area contributed by atoms with Crippen LogP contribution in [-0.2, 0) is 10.0 Å². The highest BCUT2D eigenvalue weighted by atomic mass is 32.2. The number of aromatic carboxylic acids is 2. The lowest BCUT2D eigenvalue weighted by Gasteiger charge is -2.05. The first-order valence-electron chi connectivity index (χ1n) is 7.21. The molecule has 0 aromatic heterocycles. The number of hydrogen-bond acceptors (Lipinski definition) is 5. The van der Waals surface area contributed by atoms with Gasteiger partial charge in [-0.2, -0.15) is 0 Å². The fourth-order valence-corrected chi connectivity index (χ4v) is 2.66. The van der Waals surface area contributed by atoms with Crippen LogP contribution in [0.4, 0.5) is 0 Å². The molecule has 0 radical (unpaired) electrons. The molecule has 0 atom stereocenters. The summed E-state index contributed by atoms with van der Waals surface area (Å²) in [5.41, 5.74) is 1.36. The topological polar surface area (TPSA) is 144 Å². The van der Waals surface area contributed by atoms with Crippen LogP contribution < -0.4 is 9.88 Å². The van der Waals surface area contributed by atoms with Crippen molar-refractivity contribution in [1.29, 1.82) is 0 Å². The second kappa shape index (κ2) is 8.45. The number of ether oxygens (including phenoxy) is 1. The molecule has 26 heavy (non-hydrogen) atoms. The Morgan fingerprint density at radius 3 is 1.81 bits per heavy atom. The molecule has 0 aliphatic rings. The summed E-state index contributed by atoms with van der Waals surface area (Å²) < 4.78 is 26.8. The summed E-state index contributed by atoms with van der Waals surface area (Å²) >= 11 is 0. The molecule has 0 aliphatic heterocycles. The number of carboxylic acid groups (broad SMARTS) is 2. The monoisotopic (exact) mass is 381 g/mol. The number of benzene rings is 2. The molecule has 0 fully saturated rings. The van der Waals surface area contributed by atoms with Gasteiger partial charge in [0.15, 0.2) is 0 Å². The Balaban J connectivity index is 0.000000260. The van der Waals surface area contributed by atoms with Gasteiger partial charge in [0.2, 0.25) is 10.0 Å². The van der Waals surface area contributed by atoms with E-state index in [4.69, 9.17) is 20.1 Å². The standard InChI is InChI=1S/C9H8O4.C8H11NO3S/c1-5-2-6(8(10)11)4-7(3-5)9(12)13;1-6-5-7(13(9,10)11)3-4-8(6)12-2/h2-4H,1H3,(H,10,11)(H,12,13);3-5H,1-2H3,(H2,9,10,11). The van der Waals surface area contributed by atoms with E-state index in [0.717, 1.165) is 11.6 Å². The average Bonchev–Trinajstić information content (AvgIpc) is 2.53. The Morgan fingerprint density at radius 1 is 0.962 bits per heavy atom. The maximum Gasteiger partial charge on any atom is 0.335 e. The predicted molar refractivity (Wildman–Crippen MR) is 94.2 cm³/mol. The van der Waals surface area contributed by atoms with Crippen LogP contribution in [0.15, 0.2) is 41.3 Å². The first-order chi connectivity index (χ1) is 12.0. The van der Waals surface area contributed by atoms with Crippen LogP contribution >= 0.6 is 0 Å². The fourth-order valence-electron chi connectivity index (χ4n) is 2.06. The molecule has 0 spiro atoms. The number of carbonyl (C=O) groups is 2. The molecule has 2 aromatic carbocycles. The van der Waals surface area contributed by atoms with Crippen LogP contribution in [0, 0.1) is 13.8 Å². The summed E-state index contributed by atoms with van der Waals surface area (Å²) in [5.74, 6) is -1.59. The van der Waals surface area contributed by atoms with Crippen LogP contribution in [0.2, 0.25) is 0 Å². The molecule has 8 nitrogen and oxygen atoms in total. The minimum atomic E-state index is -3.61. The van der Waals surface area contributed by atoms with E-state index in [1.807, 2.05) is 0 Å². The molecule has 4 N–H and O–H groups in total. The van der Waals surface area contributed by atoms with Gasteiger partial charge in [-0.25, -0.2) is 23.1 Å². The first-order valence-corrected chi connectivity index (χ1v) is 8.76. The van der Waals surface area contributed by atoms with Gasteiger partial charge in [0.1, 0.15) is 5.75 Å². The van der Waals surface area contributed by atoms with Gasteiger partial charge in [0, 0.05) is 0 Å². The van der Waals surface area contributed by atoms with Crippen LogP contribution in [0.3, 0.4) is 0 Å². The molecule has 0 bridgehead atoms. The molecule has 0 aliphatic carbocycles. The fraction of sp³-hybridized carbons (Fsp3) is 0.176. The van der Waals surface area contributed by atoms with Gasteiger partial charge < -0.3 is 14.9 Å². The largest absolute Gasteiger partial charge is 0.496 e. The molecule has 2 aromatic rings. The van der Waals surface area contributed by atoms with Gasteiger partial charge in [0.25, 0.3) is 0 Å². The van der Waals surface area contributed by atoms with Crippen molar-refractivity contribution < 1.29 is 33.0 Å². The molecule has 140 valence electrons. The van der Waals surface area contributed by atoms with E-state index in [9.17, 15) is 18.0 Å². The molecule has 0 unspecified atom stereocenters. The van der Waals surface area contributed by atoms with Crippen molar-refractivity contribution in [3.05, 3.63) is 58.7 Å². The van der Waals surface area contributed by atoms with Gasteiger partial charge >= 0.3 is 11.9 Å². The van der Waals surface area contributed by atoms with Gasteiger partial charge in [-0.3, -0.25) is 0 Å². The Kier molecular flexibility index (Phi) is 6.87. The number of hydrogen-bond donors (Lipinski definition) is 3. The SMILES string of the molecule is COc1ccc(S(N)(=O)=O)cc1C.Cc1cc(C(=O)O)cc(C(=O)O)c1. The second-order valence-corrected chi connectivity index (χ2v) is 6.94. The molecule has 0 heterocycles. The van der Waals surface area contributed by atoms with Crippen LogP contribution in [0.1, 0.15) is 31.8 Å². The molecular weight excluding hydrogens is 362 g/mol. The zero-order valence-electron chi connectivity index (χ0n) is 14.4. The lowest BCUT2D eigenvalue weighted by molar-refractivity contribution is 0.0696. The van der Waals surface area contributed by atoms with Crippen LogP contribution in [0.25, 0.3) is 0 Å². The van der Waals surface area contributed by atoms with Crippen molar-refractivity contribution in [3.8, 4) is 5.75 Å². The Labute approximate surface area is 150 Å². The van der Waals surface area contributed by atoms with E-state index in [1.54, 1.807) is 19.9 Å². The highest BCUT2D eigenvalue weighted by Crippen LogP contribution is 2.20. The summed E-state index contributed by atoms with van der Waals surface area (Å²) in [5, 5.41) is 22.2. The third kappa shape index (κ3) is 5.87. The van der Waals surface area contributed by atoms with Crippen molar-refractivity contribution in [2.75, 3.05) is 7.11 Å². The number of primary sulfonamides is 1. The Hall–Kier alpha value is -2.91. The van der Waals surface area contributed by atoms with E-state index < -0.39 is 22.0 Å². The van der Waals surface area contributed by atoms with Gasteiger partial charge in [-0.05, 0) is 61.4 Å². The minimum absolute atomic E-state index is 0.00241. The Bertz CT molecular complexity index is 904. The highest BCUT2D eigenvalue weighted by molar-refractivity contribution is 7.89. The zero-order chi connectivity index (χ0) is 20.1. The summed E-state index contributed by atoms with van der Waals surface area (Å²) in [4.78, 5) is 21.2. The maximum absolute atomic E-state index is 10.9. The van der Waals surface area contributed by atoms with Gasteiger partial charge in [-0.15, -0.1) is 0 Å². The zero-order valence-corrected chi connectivity index (χ0v) is 15.2. The summed E-state index contributed by atoms with van der Waals surface area (Å²) in [7, 11) is -2.08. The van der Waals surface area contributed by atoms with E-state index in [2.05, 4.69) is 0 Å². The van der Waals surface area contributed by atoms with E-state index in [-0.39, 0.29) is 16.0 Å². The molecule has 0 saturated carbocycles. The second-order valence-electron chi connectivity index (χ2n) is 5.37. The summed E-state index contributed by atoms with van der Waals surface area (Å²) in [6.07, 6.45) is 0. The number of carboxylic acids is 2. The average molecular weight is 381 g/mol. The number of sulfonamides is 1. The van der Waals surface area contributed by atoms with E-state index in [0.29, 0.717) is 11.3 Å². The van der Waals surface area contributed by atoms with Crippen molar-refractivity contribution in [2.24, 2.45) is 5.14 Å². The predicted octanol–water partition coefficient (Wildman–Crippen LogP) is 2.04. The minimum Gasteiger partial charge on any atom is -0.496 e. The lowest BCUT2D eigenvalue weighted by Crippen LogP contribution is -2.12. The maximum atomic E-state index is 10.9. The number of rotatable bonds is 4. The molecule has 0 amide bonds. The molecule has 2 rings (SSSR count). The molecule has 9 heteroatoms. The van der Waals surface area contributed by atoms with Crippen molar-refractivity contribution in [3.63, 3.8) is 0 Å². The van der Waals surface area contributed by atoms with Crippen molar-refractivity contribution in [1.82, 2.24) is 0 Å². The van der Waals surface area contributed by atoms with Crippen LogP contribution in [-0.4, -0.2) is 37.7 Å². The summed E-state index contributed by atoms with van der Waals surface area (Å²) in [6, 6.07) is 8.46. The number of aryl methyl sites for hydroxylation is 2. The van der Waals surface area contributed by atoms with Crippen LogP contribution in [0.5, 0.6) is 5.75 Å². The molecular formula is C17H19NO7S. The normalized spacial score (nSPS) is 10.5. The van der Waals surface area contributed by atoms with Gasteiger partial charge in [-0.1, -0.05) is 0 Å². The molecule has 0 saturated heterocycles. The van der Waals surface area contributed by atoms with E-state index in [1.165, 1.54) is 31.4 Å². The third-order valence-electron chi connectivity index (χ3n) is 3.27. The number of methoxy groups -OCH3 is 1.